The Bertz CT molecular complexity index is 554. The topological polar surface area (TPSA) is 83.0 Å². The van der Waals surface area contributed by atoms with Crippen LogP contribution in [0, 0.1) is 5.92 Å². The molecule has 0 saturated heterocycles. The summed E-state index contributed by atoms with van der Waals surface area (Å²) in [4.78, 5) is 18.0. The predicted molar refractivity (Wildman–Crippen MR) is 133 cm³/mol. The Morgan fingerprint density at radius 2 is 2.00 bits per heavy atom. The minimum atomic E-state index is -0.730. The molecule has 0 heterocycles. The summed E-state index contributed by atoms with van der Waals surface area (Å²) in [6.07, 6.45) is 3.85. The summed E-state index contributed by atoms with van der Waals surface area (Å²) in [5.41, 5.74) is -0.488. The molecule has 1 fully saturated rings. The highest BCUT2D eigenvalue weighted by Gasteiger charge is 2.26. The van der Waals surface area contributed by atoms with Crippen LogP contribution in [-0.4, -0.2) is 71.0 Å². The van der Waals surface area contributed by atoms with E-state index in [1.54, 1.807) is 19.0 Å². The molecule has 0 aromatic carbocycles. The second-order valence-electron chi connectivity index (χ2n) is 8.72. The third-order valence-corrected chi connectivity index (χ3v) is 6.50. The van der Waals surface area contributed by atoms with Crippen molar-refractivity contribution < 1.29 is 13.7 Å². The largest absolute Gasteiger partial charge is 0.444 e. The summed E-state index contributed by atoms with van der Waals surface area (Å²) >= 11 is 0. The zero-order chi connectivity index (χ0) is 21.3. The lowest BCUT2D eigenvalue weighted by atomic mass is 9.95. The molecule has 29 heavy (non-hydrogen) atoms. The number of carbonyl (C=O) groups excluding carboxylic acids is 1. The minimum absolute atomic E-state index is 0. The summed E-state index contributed by atoms with van der Waals surface area (Å²) in [5, 5.41) is 7.12. The van der Waals surface area contributed by atoms with Gasteiger partial charge in [0, 0.05) is 55.0 Å². The fourth-order valence-corrected chi connectivity index (χ4v) is 4.70. The van der Waals surface area contributed by atoms with Crippen LogP contribution >= 0.6 is 24.0 Å². The Kier molecular flexibility index (Phi) is 13.4. The van der Waals surface area contributed by atoms with Crippen LogP contribution in [0.1, 0.15) is 60.3 Å². The lowest BCUT2D eigenvalue weighted by Crippen LogP contribution is -2.48. The van der Waals surface area contributed by atoms with Gasteiger partial charge < -0.3 is 20.3 Å². The van der Waals surface area contributed by atoms with Crippen molar-refractivity contribution in [3.63, 3.8) is 0 Å². The van der Waals surface area contributed by atoms with E-state index in [2.05, 4.69) is 22.5 Å². The number of halogens is 1. The predicted octanol–water partition coefficient (Wildman–Crippen LogP) is 3.35. The molecule has 2 N–H and O–H groups in total. The number of nitrogens with zero attached hydrogens (tertiary/aromatic N) is 2. The molecule has 172 valence electrons. The highest BCUT2D eigenvalue weighted by atomic mass is 127. The highest BCUT2D eigenvalue weighted by Crippen LogP contribution is 2.23. The number of guanidine groups is 1. The standard InChI is InChI=1S/C20H40N4O3S.HI/c1-8-28(26)17-11-9-10-16(12-17)23-18(21-6)22-13-15(2)14-24(7)19(25)27-20(3,4)5;/h15-17H,8-14H2,1-7H3,(H2,21,22,23);1H. The summed E-state index contributed by atoms with van der Waals surface area (Å²) in [6, 6.07) is 0.306. The SMILES string of the molecule is CCS(=O)C1CCCC(NC(=NC)NCC(C)CN(C)C(=O)OC(C)(C)C)C1.I. The average Bonchev–Trinajstić information content (AvgIpc) is 2.63. The van der Waals surface area contributed by atoms with E-state index >= 15 is 0 Å². The summed E-state index contributed by atoms with van der Waals surface area (Å²) in [5.74, 6) is 1.73. The zero-order valence-electron chi connectivity index (χ0n) is 19.1. The molecule has 1 amide bonds. The van der Waals surface area contributed by atoms with E-state index in [1.807, 2.05) is 27.7 Å². The van der Waals surface area contributed by atoms with Gasteiger partial charge in [0.15, 0.2) is 5.96 Å². The second-order valence-corrected chi connectivity index (χ2v) is 10.7. The van der Waals surface area contributed by atoms with Crippen LogP contribution in [0.25, 0.3) is 0 Å². The molecule has 1 rings (SSSR count). The Labute approximate surface area is 196 Å². The lowest BCUT2D eigenvalue weighted by Gasteiger charge is -2.30. The van der Waals surface area contributed by atoms with Gasteiger partial charge in [-0.3, -0.25) is 9.20 Å². The molecular weight excluding hydrogens is 503 g/mol. The fraction of sp³-hybridized carbons (Fsp3) is 0.900. The van der Waals surface area contributed by atoms with E-state index in [-0.39, 0.29) is 41.2 Å². The maximum absolute atomic E-state index is 12.1. The first-order valence-corrected chi connectivity index (χ1v) is 11.7. The first kappa shape index (κ1) is 28.4. The number of amides is 1. The molecule has 4 atom stereocenters. The number of ether oxygens (including phenoxy) is 1. The Balaban J connectivity index is 0.00000784. The van der Waals surface area contributed by atoms with E-state index in [4.69, 9.17) is 4.74 Å². The smallest absolute Gasteiger partial charge is 0.410 e. The zero-order valence-corrected chi connectivity index (χ0v) is 22.3. The molecule has 1 aliphatic rings. The van der Waals surface area contributed by atoms with Gasteiger partial charge in [-0.05, 0) is 46.0 Å². The van der Waals surface area contributed by atoms with Gasteiger partial charge in [0.25, 0.3) is 0 Å². The quantitative estimate of drug-likeness (QED) is 0.292. The van der Waals surface area contributed by atoms with Crippen molar-refractivity contribution in [1.29, 1.82) is 0 Å². The van der Waals surface area contributed by atoms with E-state index in [0.29, 0.717) is 19.1 Å². The molecule has 7 nitrogen and oxygen atoms in total. The van der Waals surface area contributed by atoms with Gasteiger partial charge in [-0.2, -0.15) is 0 Å². The van der Waals surface area contributed by atoms with Crippen molar-refractivity contribution in [2.24, 2.45) is 10.9 Å². The molecule has 1 aliphatic carbocycles. The Morgan fingerprint density at radius 3 is 2.55 bits per heavy atom. The van der Waals surface area contributed by atoms with Crippen LogP contribution in [0.3, 0.4) is 0 Å². The first-order chi connectivity index (χ1) is 13.1. The number of nitrogens with one attached hydrogen (secondary N) is 2. The van der Waals surface area contributed by atoms with Crippen LogP contribution in [-0.2, 0) is 15.5 Å². The van der Waals surface area contributed by atoms with E-state index in [1.165, 1.54) is 0 Å². The minimum Gasteiger partial charge on any atom is -0.444 e. The van der Waals surface area contributed by atoms with Crippen LogP contribution in [0.4, 0.5) is 4.79 Å². The number of hydrogen-bond acceptors (Lipinski definition) is 4. The molecule has 9 heteroatoms. The van der Waals surface area contributed by atoms with Crippen LogP contribution < -0.4 is 10.6 Å². The normalized spacial score (nSPS) is 22.1. The highest BCUT2D eigenvalue weighted by molar-refractivity contribution is 14.0. The summed E-state index contributed by atoms with van der Waals surface area (Å²) < 4.78 is 17.5. The molecule has 0 aromatic rings. The van der Waals surface area contributed by atoms with Gasteiger partial charge in [0.1, 0.15) is 5.60 Å². The van der Waals surface area contributed by atoms with Gasteiger partial charge in [-0.15, -0.1) is 24.0 Å². The number of carbonyl (C=O) groups is 1. The van der Waals surface area contributed by atoms with Gasteiger partial charge in [-0.1, -0.05) is 20.3 Å². The van der Waals surface area contributed by atoms with Gasteiger partial charge in [0.2, 0.25) is 0 Å². The molecular formula is C20H41IN4O3S. The van der Waals surface area contributed by atoms with Crippen molar-refractivity contribution in [3.8, 4) is 0 Å². The van der Waals surface area contributed by atoms with Crippen molar-refractivity contribution in [3.05, 3.63) is 0 Å². The van der Waals surface area contributed by atoms with Crippen LogP contribution in [0.2, 0.25) is 0 Å². The van der Waals surface area contributed by atoms with Crippen LogP contribution in [0.5, 0.6) is 0 Å². The van der Waals surface area contributed by atoms with Crippen molar-refractivity contribution in [2.75, 3.05) is 32.9 Å². The molecule has 0 bridgehead atoms. The van der Waals surface area contributed by atoms with E-state index < -0.39 is 16.4 Å². The summed E-state index contributed by atoms with van der Waals surface area (Å²) in [6.45, 7) is 11.0. The van der Waals surface area contributed by atoms with E-state index in [0.717, 1.165) is 37.4 Å². The van der Waals surface area contributed by atoms with Crippen molar-refractivity contribution in [1.82, 2.24) is 15.5 Å². The molecule has 0 spiro atoms. The van der Waals surface area contributed by atoms with Gasteiger partial charge in [-0.25, -0.2) is 4.79 Å². The van der Waals surface area contributed by atoms with E-state index in [9.17, 15) is 9.00 Å². The molecule has 1 saturated carbocycles. The van der Waals surface area contributed by atoms with Gasteiger partial charge >= 0.3 is 6.09 Å². The molecule has 0 radical (unpaired) electrons. The maximum Gasteiger partial charge on any atom is 0.410 e. The lowest BCUT2D eigenvalue weighted by molar-refractivity contribution is 0.0278. The Hall–Kier alpha value is -0.580. The number of aliphatic imine (C=N–C) groups is 1. The number of rotatable bonds is 7. The van der Waals surface area contributed by atoms with Crippen LogP contribution in [0.15, 0.2) is 4.99 Å². The third-order valence-electron chi connectivity index (χ3n) is 4.76. The molecule has 0 aromatic heterocycles. The van der Waals surface area contributed by atoms with Crippen molar-refractivity contribution in [2.45, 2.75) is 77.2 Å². The Morgan fingerprint density at radius 1 is 1.34 bits per heavy atom. The summed E-state index contributed by atoms with van der Waals surface area (Å²) in [7, 11) is 2.79. The van der Waals surface area contributed by atoms with Crippen molar-refractivity contribution >= 4 is 46.8 Å². The maximum atomic E-state index is 12.1. The molecule has 4 unspecified atom stereocenters. The monoisotopic (exact) mass is 544 g/mol. The van der Waals surface area contributed by atoms with Gasteiger partial charge in [0.05, 0.1) is 0 Å². The first-order valence-electron chi connectivity index (χ1n) is 10.3. The fourth-order valence-electron chi connectivity index (χ4n) is 3.36. The second kappa shape index (κ2) is 13.7. The number of hydrogen-bond donors (Lipinski definition) is 2. The molecule has 0 aliphatic heterocycles. The average molecular weight is 545 g/mol. The third kappa shape index (κ3) is 11.4.